The molecule has 9 rings (SSSR count). The summed E-state index contributed by atoms with van der Waals surface area (Å²) in [7, 11) is 0. The minimum absolute atomic E-state index is 0.0982. The lowest BCUT2D eigenvalue weighted by Crippen LogP contribution is -2.17. The van der Waals surface area contributed by atoms with Gasteiger partial charge in [-0.3, -0.25) is 9.79 Å². The zero-order valence-electron chi connectivity index (χ0n) is 28.3. The van der Waals surface area contributed by atoms with Crippen LogP contribution in [0.1, 0.15) is 72.7 Å². The van der Waals surface area contributed by atoms with Crippen molar-refractivity contribution in [1.29, 1.82) is 0 Å². The number of nitrogens with one attached hydrogen (secondary N) is 2. The van der Waals surface area contributed by atoms with E-state index in [1.54, 1.807) is 0 Å². The molecule has 13 heteroatoms. The second-order valence-corrected chi connectivity index (χ2v) is 13.9. The van der Waals surface area contributed by atoms with E-state index in [1.807, 2.05) is 66.7 Å². The monoisotopic (exact) mass is 771 g/mol. The number of rotatable bonds is 4. The van der Waals surface area contributed by atoms with Crippen LogP contribution in [-0.4, -0.2) is 31.3 Å². The molecule has 2 N–H and O–H groups in total. The second-order valence-electron chi connectivity index (χ2n) is 12.8. The fourth-order valence-corrected chi connectivity index (χ4v) is 7.26. The third-order valence-electron chi connectivity index (χ3n) is 9.30. The first kappa shape index (κ1) is 36.5. The molecule has 6 aromatic rings. The van der Waals surface area contributed by atoms with E-state index in [9.17, 15) is 13.6 Å². The van der Waals surface area contributed by atoms with Gasteiger partial charge >= 0.3 is 0 Å². The maximum Gasteiger partial charge on any atom is 0.220 e. The van der Waals surface area contributed by atoms with Crippen molar-refractivity contribution >= 4 is 63.4 Å². The van der Waals surface area contributed by atoms with Crippen molar-refractivity contribution in [2.24, 2.45) is 4.99 Å². The average Bonchev–Trinajstić information content (AvgIpc) is 3.99. The highest BCUT2D eigenvalue weighted by Gasteiger charge is 2.28. The molecule has 3 atom stereocenters. The summed E-state index contributed by atoms with van der Waals surface area (Å²) in [4.78, 5) is 27.9. The van der Waals surface area contributed by atoms with E-state index < -0.39 is 11.6 Å². The third-order valence-corrected chi connectivity index (χ3v) is 10.1. The van der Waals surface area contributed by atoms with Crippen molar-refractivity contribution in [3.05, 3.63) is 153 Å². The van der Waals surface area contributed by atoms with Crippen LogP contribution in [0.3, 0.4) is 0 Å². The molecule has 0 bridgehead atoms. The van der Waals surface area contributed by atoms with Crippen LogP contribution >= 0.6 is 34.8 Å². The number of nitrogens with zero attached hydrogens (tertiary/aromatic N) is 5. The van der Waals surface area contributed by atoms with Crippen molar-refractivity contribution in [3.8, 4) is 0 Å². The molecule has 3 aromatic heterocycles. The summed E-state index contributed by atoms with van der Waals surface area (Å²) in [6, 6.07) is 33.5. The van der Waals surface area contributed by atoms with E-state index in [1.165, 1.54) is 28.8 Å². The summed E-state index contributed by atoms with van der Waals surface area (Å²) in [5.41, 5.74) is 5.21. The Morgan fingerprint density at radius 2 is 1.30 bits per heavy atom. The average molecular weight is 773 g/mol. The van der Waals surface area contributed by atoms with Gasteiger partial charge in [0.15, 0.2) is 32.7 Å². The van der Waals surface area contributed by atoms with E-state index in [4.69, 9.17) is 34.8 Å². The van der Waals surface area contributed by atoms with E-state index in [0.717, 1.165) is 43.8 Å². The number of hydrogen-bond donors (Lipinski definition) is 2. The molecule has 53 heavy (non-hydrogen) atoms. The minimum Gasteiger partial charge on any atom is -0.349 e. The Bertz CT molecular complexity index is 2260. The number of aryl methyl sites for hydroxylation is 1. The SMILES string of the molecule is Fc1cc(NC2=N[C@@H](c3ccccc3)CC2)c(Cl)nc1Cl.Fc1cc2nc3n(c2nc1Cl)[C@@H](c1ccccc1)CC3.O=C1CC[C@H](c2ccccc2)N1. The summed E-state index contributed by atoms with van der Waals surface area (Å²) in [6.07, 6.45) is 5.14. The quantitative estimate of drug-likeness (QED) is 0.174. The Morgan fingerprint density at radius 1 is 0.679 bits per heavy atom. The van der Waals surface area contributed by atoms with Crippen molar-refractivity contribution in [1.82, 2.24) is 24.8 Å². The number of aliphatic imine (C=N–C) groups is 1. The zero-order valence-corrected chi connectivity index (χ0v) is 30.6. The number of pyridine rings is 2. The molecule has 1 saturated heterocycles. The van der Waals surface area contributed by atoms with Gasteiger partial charge in [0.1, 0.15) is 17.2 Å². The fraction of sp³-hybridized carbons (Fsp3) is 0.225. The lowest BCUT2D eigenvalue weighted by atomic mass is 10.0. The smallest absolute Gasteiger partial charge is 0.220 e. The minimum atomic E-state index is -0.609. The summed E-state index contributed by atoms with van der Waals surface area (Å²) < 4.78 is 29.0. The van der Waals surface area contributed by atoms with Gasteiger partial charge in [0, 0.05) is 31.4 Å². The topological polar surface area (TPSA) is 97.1 Å². The maximum absolute atomic E-state index is 13.5. The van der Waals surface area contributed by atoms with E-state index in [0.29, 0.717) is 23.3 Å². The molecule has 0 radical (unpaired) electrons. The number of hydrogen-bond acceptors (Lipinski definition) is 6. The highest BCUT2D eigenvalue weighted by atomic mass is 35.5. The summed E-state index contributed by atoms with van der Waals surface area (Å²) >= 11 is 17.3. The van der Waals surface area contributed by atoms with E-state index >= 15 is 0 Å². The molecule has 270 valence electrons. The third kappa shape index (κ3) is 8.51. The fourth-order valence-electron chi connectivity index (χ4n) is 6.75. The van der Waals surface area contributed by atoms with Crippen molar-refractivity contribution in [2.75, 3.05) is 5.32 Å². The largest absolute Gasteiger partial charge is 0.349 e. The van der Waals surface area contributed by atoms with Crippen LogP contribution in [0.4, 0.5) is 14.5 Å². The van der Waals surface area contributed by atoms with E-state index in [-0.39, 0.29) is 39.5 Å². The number of imidazole rings is 1. The first-order valence-corrected chi connectivity index (χ1v) is 18.4. The van der Waals surface area contributed by atoms with Gasteiger partial charge in [0.25, 0.3) is 0 Å². The van der Waals surface area contributed by atoms with Crippen molar-refractivity contribution < 1.29 is 13.6 Å². The zero-order chi connectivity index (χ0) is 36.9. The lowest BCUT2D eigenvalue weighted by molar-refractivity contribution is -0.119. The van der Waals surface area contributed by atoms with Gasteiger partial charge in [-0.05, 0) is 36.0 Å². The number of benzene rings is 3. The Balaban J connectivity index is 0.000000128. The van der Waals surface area contributed by atoms with Gasteiger partial charge in [0.2, 0.25) is 5.91 Å². The Labute approximate surface area is 320 Å². The number of amides is 1. The van der Waals surface area contributed by atoms with Crippen LogP contribution in [0.25, 0.3) is 11.2 Å². The normalized spacial score (nSPS) is 18.7. The van der Waals surface area contributed by atoms with Gasteiger partial charge in [-0.15, -0.1) is 0 Å². The first-order chi connectivity index (χ1) is 25.7. The summed E-state index contributed by atoms with van der Waals surface area (Å²) in [5.74, 6) is 0.759. The molecule has 3 aromatic carbocycles. The Hall–Kier alpha value is -4.90. The molecule has 0 aliphatic carbocycles. The number of aromatic nitrogens is 4. The molecular weight excluding hydrogens is 739 g/mol. The van der Waals surface area contributed by atoms with Crippen molar-refractivity contribution in [3.63, 3.8) is 0 Å². The number of carbonyl (C=O) groups is 1. The Kier molecular flexibility index (Phi) is 11.3. The Morgan fingerprint density at radius 3 is 1.96 bits per heavy atom. The number of amidine groups is 1. The van der Waals surface area contributed by atoms with Gasteiger partial charge in [-0.2, -0.15) is 0 Å². The molecule has 3 aliphatic heterocycles. The molecule has 3 aliphatic rings. The standard InChI is InChI=1S/C15H12Cl2FN3.C15H11ClFN3.C10H11NO/c16-14-10(18)8-12(15(17)21-14)20-13-7-6-11(19-13)9-4-2-1-3-5-9;16-14-10(17)8-11-15(19-14)20-12(6-7-13(20)18-11)9-4-2-1-3-5-9;12-10-7-6-9(11-10)8-4-2-1-3-5-8/h1-5,8,11H,6-7H2,(H,19,20);1-5,8,12H,6-7H2;1-5,9H,6-7H2,(H,11,12)/t11-;12-;9-/m111/s1. The molecular formula is C40H34Cl3F2N7O. The summed E-state index contributed by atoms with van der Waals surface area (Å²) in [6.45, 7) is 0. The molecule has 0 unspecified atom stereocenters. The molecule has 1 amide bonds. The van der Waals surface area contributed by atoms with Gasteiger partial charge < -0.3 is 15.2 Å². The van der Waals surface area contributed by atoms with Crippen LogP contribution in [-0.2, 0) is 11.2 Å². The van der Waals surface area contributed by atoms with Crippen LogP contribution in [0, 0.1) is 11.6 Å². The number of fused-ring (bicyclic) bond motifs is 3. The molecule has 0 saturated carbocycles. The first-order valence-electron chi connectivity index (χ1n) is 17.3. The number of halogens is 5. The lowest BCUT2D eigenvalue weighted by Gasteiger charge is -2.14. The molecule has 8 nitrogen and oxygen atoms in total. The molecule has 0 spiro atoms. The van der Waals surface area contributed by atoms with Gasteiger partial charge in [-0.25, -0.2) is 23.7 Å². The predicted octanol–water partition coefficient (Wildman–Crippen LogP) is 10.3. The van der Waals surface area contributed by atoms with Gasteiger partial charge in [0.05, 0.1) is 23.8 Å². The number of anilines is 1. The molecule has 1 fully saturated rings. The maximum atomic E-state index is 13.5. The van der Waals surface area contributed by atoms with Crippen LogP contribution in [0.2, 0.25) is 15.5 Å². The second kappa shape index (κ2) is 16.4. The molecule has 6 heterocycles. The predicted molar refractivity (Wildman–Crippen MR) is 206 cm³/mol. The van der Waals surface area contributed by atoms with Crippen LogP contribution in [0.5, 0.6) is 0 Å². The number of carbonyl (C=O) groups excluding carboxylic acids is 1. The van der Waals surface area contributed by atoms with Crippen molar-refractivity contribution in [2.45, 2.75) is 56.7 Å². The van der Waals surface area contributed by atoms with Gasteiger partial charge in [-0.1, -0.05) is 126 Å². The highest BCUT2D eigenvalue weighted by Crippen LogP contribution is 2.36. The van der Waals surface area contributed by atoms with E-state index in [2.05, 4.69) is 59.4 Å². The van der Waals surface area contributed by atoms with Crippen LogP contribution < -0.4 is 10.6 Å². The highest BCUT2D eigenvalue weighted by molar-refractivity contribution is 6.34. The summed E-state index contributed by atoms with van der Waals surface area (Å²) in [5, 5.41) is 5.76. The van der Waals surface area contributed by atoms with Crippen LogP contribution in [0.15, 0.2) is 108 Å².